The molecular weight excluding hydrogens is 370 g/mol. The van der Waals surface area contributed by atoms with Crippen molar-refractivity contribution in [3.8, 4) is 17.3 Å². The van der Waals surface area contributed by atoms with Gasteiger partial charge >= 0.3 is 6.03 Å². The molecule has 0 aliphatic rings. The zero-order valence-electron chi connectivity index (χ0n) is 16.8. The Morgan fingerprint density at radius 2 is 2.10 bits per heavy atom. The van der Waals surface area contributed by atoms with Crippen LogP contribution < -0.4 is 15.4 Å². The Balaban J connectivity index is 1.71. The van der Waals surface area contributed by atoms with Crippen LogP contribution in [0.1, 0.15) is 30.2 Å². The van der Waals surface area contributed by atoms with Gasteiger partial charge in [-0.05, 0) is 48.7 Å². The highest BCUT2D eigenvalue weighted by Crippen LogP contribution is 2.26. The van der Waals surface area contributed by atoms with Crippen LogP contribution in [0.3, 0.4) is 0 Å². The van der Waals surface area contributed by atoms with Gasteiger partial charge in [0.2, 0.25) is 0 Å². The molecule has 3 N–H and O–H groups in total. The molecule has 2 aromatic heterocycles. The van der Waals surface area contributed by atoms with Gasteiger partial charge in [-0.15, -0.1) is 0 Å². The van der Waals surface area contributed by atoms with Crippen molar-refractivity contribution in [2.75, 3.05) is 12.4 Å². The van der Waals surface area contributed by atoms with Crippen molar-refractivity contribution in [2.24, 2.45) is 0 Å². The smallest absolute Gasteiger partial charge is 0.319 e. The number of aromatic nitrogens is 3. The average Bonchev–Trinajstić information content (AvgIpc) is 3.10. The molecule has 2 heterocycles. The molecule has 8 nitrogen and oxygen atoms in total. The minimum absolute atomic E-state index is 0.0575. The molecule has 0 atom stereocenters. The first-order valence-electron chi connectivity index (χ1n) is 9.42. The first kappa shape index (κ1) is 20.2. The average molecular weight is 395 g/mol. The van der Waals surface area contributed by atoms with E-state index in [1.54, 1.807) is 29.2 Å². The normalized spacial score (nSPS) is 10.6. The van der Waals surface area contributed by atoms with E-state index in [4.69, 9.17) is 4.74 Å². The molecule has 0 spiro atoms. The van der Waals surface area contributed by atoms with Crippen molar-refractivity contribution >= 4 is 11.7 Å². The number of urea groups is 1. The van der Waals surface area contributed by atoms with E-state index in [1.165, 1.54) is 13.2 Å². The number of phenols is 1. The third kappa shape index (κ3) is 4.84. The molecule has 0 aliphatic heterocycles. The fourth-order valence-electron chi connectivity index (χ4n) is 2.97. The van der Waals surface area contributed by atoms with Crippen LogP contribution in [0, 0.1) is 6.92 Å². The summed E-state index contributed by atoms with van der Waals surface area (Å²) in [5.41, 5.74) is 3.44. The van der Waals surface area contributed by atoms with Gasteiger partial charge in [0.05, 0.1) is 24.7 Å². The lowest BCUT2D eigenvalue weighted by Gasteiger charge is -2.11. The summed E-state index contributed by atoms with van der Waals surface area (Å²) in [5.74, 6) is 1.14. The topological polar surface area (TPSA) is 101 Å². The summed E-state index contributed by atoms with van der Waals surface area (Å²) >= 11 is 0. The summed E-state index contributed by atoms with van der Waals surface area (Å²) in [6.07, 6.45) is 5.04. The Bertz CT molecular complexity index is 1000. The molecule has 3 rings (SSSR count). The van der Waals surface area contributed by atoms with E-state index in [9.17, 15) is 9.90 Å². The SMILES string of the molecule is CCCc1c(NC(=O)NCc2ccc(O)c(OC)c2)cnn1-c1cc(C)ccn1. The lowest BCUT2D eigenvalue weighted by atomic mass is 10.2. The second kappa shape index (κ2) is 9.09. The highest BCUT2D eigenvalue weighted by molar-refractivity contribution is 5.89. The van der Waals surface area contributed by atoms with Gasteiger partial charge in [-0.25, -0.2) is 14.5 Å². The van der Waals surface area contributed by atoms with E-state index in [0.29, 0.717) is 18.0 Å². The molecule has 8 heteroatoms. The number of benzene rings is 1. The number of rotatable bonds is 7. The number of nitrogens with zero attached hydrogens (tertiary/aromatic N) is 3. The van der Waals surface area contributed by atoms with Crippen molar-refractivity contribution in [3.63, 3.8) is 0 Å². The van der Waals surface area contributed by atoms with Gasteiger partial charge in [0.1, 0.15) is 0 Å². The molecule has 29 heavy (non-hydrogen) atoms. The first-order chi connectivity index (χ1) is 14.0. The number of phenolic OH excluding ortho intramolecular Hbond substituents is 1. The molecule has 2 amide bonds. The maximum Gasteiger partial charge on any atom is 0.319 e. The quantitative estimate of drug-likeness (QED) is 0.568. The molecule has 3 aromatic rings. The van der Waals surface area contributed by atoms with Crippen LogP contribution in [-0.4, -0.2) is 33.0 Å². The number of aromatic hydroxyl groups is 1. The first-order valence-corrected chi connectivity index (χ1v) is 9.42. The monoisotopic (exact) mass is 395 g/mol. The van der Waals surface area contributed by atoms with Crippen LogP contribution in [-0.2, 0) is 13.0 Å². The second-order valence-corrected chi connectivity index (χ2v) is 6.67. The molecule has 0 aliphatic carbocycles. The Morgan fingerprint density at radius 1 is 1.28 bits per heavy atom. The Kier molecular flexibility index (Phi) is 6.33. The number of ether oxygens (including phenoxy) is 1. The van der Waals surface area contributed by atoms with Gasteiger partial charge in [0.15, 0.2) is 17.3 Å². The molecule has 0 saturated carbocycles. The standard InChI is InChI=1S/C21H25N5O3/c1-4-5-17-16(13-24-26(17)20-10-14(2)8-9-22-20)25-21(28)23-12-15-6-7-18(27)19(11-15)29-3/h6-11,13,27H,4-5,12H2,1-3H3,(H2,23,25,28). The number of hydrogen-bond donors (Lipinski definition) is 3. The number of nitrogens with one attached hydrogen (secondary N) is 2. The van der Waals surface area contributed by atoms with Crippen LogP contribution in [0.5, 0.6) is 11.5 Å². The van der Waals surface area contributed by atoms with E-state index in [0.717, 1.165) is 35.5 Å². The summed E-state index contributed by atoms with van der Waals surface area (Å²) in [4.78, 5) is 16.8. The van der Waals surface area contributed by atoms with Crippen molar-refractivity contribution < 1.29 is 14.6 Å². The predicted octanol–water partition coefficient (Wildman–Crippen LogP) is 3.56. The Hall–Kier alpha value is -3.55. The van der Waals surface area contributed by atoms with Crippen LogP contribution in [0.25, 0.3) is 5.82 Å². The van der Waals surface area contributed by atoms with E-state index in [-0.39, 0.29) is 11.8 Å². The fraction of sp³-hybridized carbons (Fsp3) is 0.286. The number of amides is 2. The Morgan fingerprint density at radius 3 is 2.83 bits per heavy atom. The summed E-state index contributed by atoms with van der Waals surface area (Å²) in [5, 5.41) is 19.8. The third-order valence-electron chi connectivity index (χ3n) is 4.42. The highest BCUT2D eigenvalue weighted by atomic mass is 16.5. The zero-order chi connectivity index (χ0) is 20.8. The minimum Gasteiger partial charge on any atom is -0.504 e. The number of hydrogen-bond acceptors (Lipinski definition) is 5. The molecular formula is C21H25N5O3. The number of methoxy groups -OCH3 is 1. The van der Waals surface area contributed by atoms with E-state index >= 15 is 0 Å². The van der Waals surface area contributed by atoms with Crippen LogP contribution in [0.15, 0.2) is 42.7 Å². The third-order valence-corrected chi connectivity index (χ3v) is 4.42. The van der Waals surface area contributed by atoms with Crippen LogP contribution in [0.4, 0.5) is 10.5 Å². The number of carbonyl (C=O) groups is 1. The van der Waals surface area contributed by atoms with Crippen molar-refractivity contribution in [1.29, 1.82) is 0 Å². The highest BCUT2D eigenvalue weighted by Gasteiger charge is 2.15. The van der Waals surface area contributed by atoms with Gasteiger partial charge < -0.3 is 20.5 Å². The van der Waals surface area contributed by atoms with Crippen molar-refractivity contribution in [1.82, 2.24) is 20.1 Å². The van der Waals surface area contributed by atoms with E-state index < -0.39 is 0 Å². The second-order valence-electron chi connectivity index (χ2n) is 6.67. The van der Waals surface area contributed by atoms with Gasteiger partial charge in [-0.2, -0.15) is 5.10 Å². The maximum absolute atomic E-state index is 12.4. The number of pyridine rings is 1. The van der Waals surface area contributed by atoms with Crippen LogP contribution in [0.2, 0.25) is 0 Å². The Labute approximate surface area is 169 Å². The molecule has 0 bridgehead atoms. The predicted molar refractivity (Wildman–Crippen MR) is 111 cm³/mol. The molecule has 0 saturated heterocycles. The van der Waals surface area contributed by atoms with Crippen molar-refractivity contribution in [2.45, 2.75) is 33.2 Å². The maximum atomic E-state index is 12.4. The van der Waals surface area contributed by atoms with Gasteiger partial charge in [0.25, 0.3) is 0 Å². The molecule has 152 valence electrons. The van der Waals surface area contributed by atoms with Gasteiger partial charge in [-0.1, -0.05) is 19.4 Å². The fourth-order valence-corrected chi connectivity index (χ4v) is 2.97. The number of anilines is 1. The van der Waals surface area contributed by atoms with Gasteiger partial charge in [0, 0.05) is 12.7 Å². The number of aryl methyl sites for hydroxylation is 1. The number of carbonyl (C=O) groups excluding carboxylic acids is 1. The summed E-state index contributed by atoms with van der Waals surface area (Å²) in [6.45, 7) is 4.36. The minimum atomic E-state index is -0.342. The van der Waals surface area contributed by atoms with E-state index in [1.807, 2.05) is 19.1 Å². The van der Waals surface area contributed by atoms with E-state index in [2.05, 4.69) is 27.6 Å². The molecule has 0 fully saturated rings. The molecule has 0 radical (unpaired) electrons. The lowest BCUT2D eigenvalue weighted by molar-refractivity contribution is 0.251. The summed E-state index contributed by atoms with van der Waals surface area (Å²) in [6, 6.07) is 8.48. The summed E-state index contributed by atoms with van der Waals surface area (Å²) < 4.78 is 6.85. The van der Waals surface area contributed by atoms with Crippen LogP contribution >= 0.6 is 0 Å². The largest absolute Gasteiger partial charge is 0.504 e. The lowest BCUT2D eigenvalue weighted by Crippen LogP contribution is -2.28. The van der Waals surface area contributed by atoms with Gasteiger partial charge in [-0.3, -0.25) is 0 Å². The van der Waals surface area contributed by atoms with Crippen molar-refractivity contribution in [3.05, 3.63) is 59.5 Å². The zero-order valence-corrected chi connectivity index (χ0v) is 16.8. The summed E-state index contributed by atoms with van der Waals surface area (Å²) in [7, 11) is 1.48. The molecule has 1 aromatic carbocycles. The molecule has 0 unspecified atom stereocenters.